The molecule has 1 aromatic rings. The summed E-state index contributed by atoms with van der Waals surface area (Å²) in [7, 11) is 0. The van der Waals surface area contributed by atoms with E-state index in [1.54, 1.807) is 0 Å². The molecule has 1 aliphatic carbocycles. The highest BCUT2D eigenvalue weighted by atomic mass is 16.5. The van der Waals surface area contributed by atoms with Crippen LogP contribution in [-0.4, -0.2) is 22.8 Å². The molecule has 1 unspecified atom stereocenters. The second-order valence-corrected chi connectivity index (χ2v) is 5.33. The molecule has 2 fully saturated rings. The molecule has 1 aliphatic heterocycles. The maximum Gasteiger partial charge on any atom is 0.0948 e. The van der Waals surface area contributed by atoms with Gasteiger partial charge in [0, 0.05) is 36.4 Å². The van der Waals surface area contributed by atoms with Crippen LogP contribution in [0.25, 0.3) is 0 Å². The van der Waals surface area contributed by atoms with Crippen LogP contribution in [0.2, 0.25) is 0 Å². The Balaban J connectivity index is 1.77. The van der Waals surface area contributed by atoms with Gasteiger partial charge < -0.3 is 9.30 Å². The summed E-state index contributed by atoms with van der Waals surface area (Å²) in [5, 5.41) is 0. The van der Waals surface area contributed by atoms with Gasteiger partial charge in [-0.05, 0) is 19.3 Å². The van der Waals surface area contributed by atoms with E-state index in [2.05, 4.69) is 16.5 Å². The lowest BCUT2D eigenvalue weighted by atomic mass is 9.90. The van der Waals surface area contributed by atoms with E-state index in [9.17, 15) is 0 Å². The summed E-state index contributed by atoms with van der Waals surface area (Å²) >= 11 is 0. The zero-order valence-electron chi connectivity index (χ0n) is 9.28. The van der Waals surface area contributed by atoms with Crippen molar-refractivity contribution < 1.29 is 4.74 Å². The Morgan fingerprint density at radius 1 is 1.60 bits per heavy atom. The van der Waals surface area contributed by atoms with Crippen molar-refractivity contribution in [3.05, 3.63) is 18.2 Å². The van der Waals surface area contributed by atoms with Crippen molar-refractivity contribution in [1.29, 1.82) is 0 Å². The number of aromatic nitrogens is 2. The first-order chi connectivity index (χ1) is 7.27. The predicted molar refractivity (Wildman–Crippen MR) is 57.7 cm³/mol. The highest BCUT2D eigenvalue weighted by Crippen LogP contribution is 2.41. The number of rotatable bonds is 3. The first kappa shape index (κ1) is 9.40. The highest BCUT2D eigenvalue weighted by Gasteiger charge is 2.33. The van der Waals surface area contributed by atoms with Crippen molar-refractivity contribution in [2.45, 2.75) is 38.6 Å². The monoisotopic (exact) mass is 206 g/mol. The zero-order chi connectivity index (χ0) is 10.3. The molecule has 3 nitrogen and oxygen atoms in total. The van der Waals surface area contributed by atoms with Crippen molar-refractivity contribution in [3.8, 4) is 0 Å². The third kappa shape index (κ3) is 1.81. The molecule has 2 heterocycles. The highest BCUT2D eigenvalue weighted by molar-refractivity contribution is 5.13. The summed E-state index contributed by atoms with van der Waals surface area (Å²) in [6.07, 6.45) is 7.89. The minimum absolute atomic E-state index is 0.324. The molecule has 1 atom stereocenters. The maximum atomic E-state index is 5.49. The van der Waals surface area contributed by atoms with E-state index < -0.39 is 0 Å². The molecule has 1 aromatic heterocycles. The molecule has 0 bridgehead atoms. The first-order valence-electron chi connectivity index (χ1n) is 5.85. The molecule has 82 valence electrons. The van der Waals surface area contributed by atoms with Crippen molar-refractivity contribution in [2.24, 2.45) is 5.41 Å². The summed E-state index contributed by atoms with van der Waals surface area (Å²) in [5.74, 6) is 0.790. The van der Waals surface area contributed by atoms with Crippen molar-refractivity contribution in [3.63, 3.8) is 0 Å². The van der Waals surface area contributed by atoms with Gasteiger partial charge in [-0.1, -0.05) is 6.92 Å². The van der Waals surface area contributed by atoms with E-state index in [0.717, 1.165) is 25.7 Å². The fraction of sp³-hybridized carbons (Fsp3) is 0.750. The molecule has 1 saturated heterocycles. The van der Waals surface area contributed by atoms with Gasteiger partial charge in [0.1, 0.15) is 0 Å². The van der Waals surface area contributed by atoms with Crippen LogP contribution in [0.4, 0.5) is 0 Å². The van der Waals surface area contributed by atoms with Gasteiger partial charge in [-0.2, -0.15) is 0 Å². The van der Waals surface area contributed by atoms with Gasteiger partial charge in [-0.25, -0.2) is 4.98 Å². The lowest BCUT2D eigenvalue weighted by Crippen LogP contribution is -2.24. The fourth-order valence-corrected chi connectivity index (χ4v) is 2.43. The summed E-state index contributed by atoms with van der Waals surface area (Å²) in [6.45, 7) is 5.20. The first-order valence-corrected chi connectivity index (χ1v) is 5.85. The Bertz CT molecular complexity index is 348. The van der Waals surface area contributed by atoms with E-state index >= 15 is 0 Å². The molecule has 2 aliphatic rings. The SMILES string of the molecule is CC1(Cn2cncc2C2CC2)CCOC1. The van der Waals surface area contributed by atoms with Crippen LogP contribution in [0.15, 0.2) is 12.5 Å². The van der Waals surface area contributed by atoms with E-state index in [4.69, 9.17) is 4.74 Å². The third-order valence-corrected chi connectivity index (χ3v) is 3.59. The van der Waals surface area contributed by atoms with Gasteiger partial charge in [-0.15, -0.1) is 0 Å². The Morgan fingerprint density at radius 3 is 3.13 bits per heavy atom. The Labute approximate surface area is 90.5 Å². The third-order valence-electron chi connectivity index (χ3n) is 3.59. The quantitative estimate of drug-likeness (QED) is 0.758. The predicted octanol–water partition coefficient (Wildman–Crippen LogP) is 2.19. The molecular formula is C12H18N2O. The summed E-state index contributed by atoms with van der Waals surface area (Å²) < 4.78 is 7.83. The number of nitrogens with zero attached hydrogens (tertiary/aromatic N) is 2. The van der Waals surface area contributed by atoms with Crippen LogP contribution in [0.1, 0.15) is 37.8 Å². The molecule has 15 heavy (non-hydrogen) atoms. The fourth-order valence-electron chi connectivity index (χ4n) is 2.43. The van der Waals surface area contributed by atoms with Gasteiger partial charge in [0.2, 0.25) is 0 Å². The van der Waals surface area contributed by atoms with E-state index in [0.29, 0.717) is 5.41 Å². The Hall–Kier alpha value is -0.830. The molecule has 3 rings (SSSR count). The standard InChI is InChI=1S/C12H18N2O/c1-12(4-5-15-8-12)7-14-9-13-6-11(14)10-2-3-10/h6,9-10H,2-5,7-8H2,1H3. The number of imidazole rings is 1. The average molecular weight is 206 g/mol. The van der Waals surface area contributed by atoms with Crippen molar-refractivity contribution in [2.75, 3.05) is 13.2 Å². The largest absolute Gasteiger partial charge is 0.381 e. The van der Waals surface area contributed by atoms with Crippen LogP contribution in [0.5, 0.6) is 0 Å². The van der Waals surface area contributed by atoms with E-state index in [1.165, 1.54) is 25.0 Å². The second-order valence-electron chi connectivity index (χ2n) is 5.33. The van der Waals surface area contributed by atoms with Gasteiger partial charge in [-0.3, -0.25) is 0 Å². The van der Waals surface area contributed by atoms with Crippen molar-refractivity contribution in [1.82, 2.24) is 9.55 Å². The van der Waals surface area contributed by atoms with Crippen LogP contribution < -0.4 is 0 Å². The topological polar surface area (TPSA) is 27.1 Å². The summed E-state index contributed by atoms with van der Waals surface area (Å²) in [4.78, 5) is 4.28. The van der Waals surface area contributed by atoms with Crippen LogP contribution >= 0.6 is 0 Å². The van der Waals surface area contributed by atoms with E-state index in [-0.39, 0.29) is 0 Å². The van der Waals surface area contributed by atoms with Gasteiger partial charge in [0.25, 0.3) is 0 Å². The van der Waals surface area contributed by atoms with E-state index in [1.807, 2.05) is 12.5 Å². The smallest absolute Gasteiger partial charge is 0.0948 e. The maximum absolute atomic E-state index is 5.49. The van der Waals surface area contributed by atoms with Gasteiger partial charge >= 0.3 is 0 Å². The molecule has 0 amide bonds. The Morgan fingerprint density at radius 2 is 2.47 bits per heavy atom. The molecule has 0 aromatic carbocycles. The lowest BCUT2D eigenvalue weighted by molar-refractivity contribution is 0.149. The minimum atomic E-state index is 0.324. The summed E-state index contributed by atoms with van der Waals surface area (Å²) in [6, 6.07) is 0. The molecule has 0 radical (unpaired) electrons. The number of hydrogen-bond acceptors (Lipinski definition) is 2. The summed E-state index contributed by atoms with van der Waals surface area (Å²) in [5.41, 5.74) is 1.76. The van der Waals surface area contributed by atoms with Crippen LogP contribution in [-0.2, 0) is 11.3 Å². The average Bonchev–Trinajstić information content (AvgIpc) is 2.82. The number of hydrogen-bond donors (Lipinski definition) is 0. The molecule has 1 saturated carbocycles. The van der Waals surface area contributed by atoms with Gasteiger partial charge in [0.05, 0.1) is 12.9 Å². The van der Waals surface area contributed by atoms with Crippen molar-refractivity contribution >= 4 is 0 Å². The lowest BCUT2D eigenvalue weighted by Gasteiger charge is -2.23. The van der Waals surface area contributed by atoms with Crippen LogP contribution in [0, 0.1) is 5.41 Å². The number of ether oxygens (including phenoxy) is 1. The Kier molecular flexibility index (Phi) is 2.09. The normalized spacial score (nSPS) is 31.0. The molecular weight excluding hydrogens is 188 g/mol. The van der Waals surface area contributed by atoms with Gasteiger partial charge in [0.15, 0.2) is 0 Å². The minimum Gasteiger partial charge on any atom is -0.381 e. The molecule has 0 N–H and O–H groups in total. The van der Waals surface area contributed by atoms with Crippen LogP contribution in [0.3, 0.4) is 0 Å². The zero-order valence-corrected chi connectivity index (χ0v) is 9.28. The second kappa shape index (κ2) is 3.34. The molecule has 3 heteroatoms. The molecule has 0 spiro atoms.